The van der Waals surface area contributed by atoms with E-state index in [1.807, 2.05) is 0 Å². The van der Waals surface area contributed by atoms with Gasteiger partial charge in [-0.1, -0.05) is 190 Å². The van der Waals surface area contributed by atoms with E-state index in [0.29, 0.717) is 13.0 Å². The number of unbranched alkanes of at least 4 members (excludes halogenated alkanes) is 24. The molecule has 10 nitrogen and oxygen atoms in total. The van der Waals surface area contributed by atoms with Crippen LogP contribution in [0.25, 0.3) is 0 Å². The van der Waals surface area contributed by atoms with E-state index in [0.717, 1.165) is 70.6 Å². The zero-order valence-corrected chi connectivity index (χ0v) is 41.1. The Hall–Kier alpha value is -2.33. The molecular weight excluding hydrogens is 814 g/mol. The molecule has 0 rings (SSSR count). The van der Waals surface area contributed by atoms with E-state index >= 15 is 0 Å². The summed E-state index contributed by atoms with van der Waals surface area (Å²) in [4.78, 5) is 33.7. The molecule has 11 heteroatoms. The lowest BCUT2D eigenvalue weighted by Crippen LogP contribution is -2.34. The molecule has 0 aromatic carbocycles. The fourth-order valence-corrected chi connectivity index (χ4v) is 7.60. The van der Waals surface area contributed by atoms with E-state index in [1.54, 1.807) is 0 Å². The van der Waals surface area contributed by atoms with Gasteiger partial charge in [0.2, 0.25) is 0 Å². The predicted molar refractivity (Wildman–Crippen MR) is 263 cm³/mol. The van der Waals surface area contributed by atoms with Crippen LogP contribution in [0.2, 0.25) is 0 Å². The molecule has 0 amide bonds. The van der Waals surface area contributed by atoms with Crippen LogP contribution in [-0.2, 0) is 32.7 Å². The van der Waals surface area contributed by atoms with Gasteiger partial charge in [-0.3, -0.25) is 18.6 Å². The highest BCUT2D eigenvalue weighted by Gasteiger charge is 2.27. The third-order valence-electron chi connectivity index (χ3n) is 10.8. The lowest BCUT2D eigenvalue weighted by Gasteiger charge is -2.20. The molecule has 0 aliphatic carbocycles. The van der Waals surface area contributed by atoms with Gasteiger partial charge in [0.25, 0.3) is 0 Å². The van der Waals surface area contributed by atoms with Crippen molar-refractivity contribution in [1.29, 1.82) is 0 Å². The number of hydrogen-bond acceptors (Lipinski definition) is 8. The van der Waals surface area contributed by atoms with Crippen LogP contribution in [0.3, 0.4) is 0 Å². The average molecular weight is 908 g/mol. The van der Waals surface area contributed by atoms with Crippen LogP contribution in [0.1, 0.15) is 219 Å². The molecule has 0 aliphatic heterocycles. The second kappa shape index (κ2) is 47.6. The third kappa shape index (κ3) is 47.5. The smallest absolute Gasteiger partial charge is 0.472 e. The van der Waals surface area contributed by atoms with Crippen molar-refractivity contribution in [1.82, 2.24) is 0 Å². The molecule has 0 radical (unpaired) electrons. The molecule has 0 fully saturated rings. The molecule has 63 heavy (non-hydrogen) atoms. The molecule has 3 atom stereocenters. The Morgan fingerprint density at radius 3 is 1.33 bits per heavy atom. The highest BCUT2D eigenvalue weighted by Crippen LogP contribution is 2.43. The summed E-state index contributed by atoms with van der Waals surface area (Å²) < 4.78 is 33.5. The van der Waals surface area contributed by atoms with E-state index in [1.165, 1.54) is 122 Å². The van der Waals surface area contributed by atoms with Crippen molar-refractivity contribution >= 4 is 19.8 Å². The summed E-state index contributed by atoms with van der Waals surface area (Å²) in [6, 6.07) is -1.48. The maximum Gasteiger partial charge on any atom is 0.472 e. The Kier molecular flexibility index (Phi) is 45.9. The first-order valence-corrected chi connectivity index (χ1v) is 26.8. The number of carboxylic acids is 1. The van der Waals surface area contributed by atoms with E-state index in [-0.39, 0.29) is 13.0 Å². The fraction of sp³-hybridized carbons (Fsp3) is 0.769. The maximum atomic E-state index is 12.7. The minimum absolute atomic E-state index is 0.00809. The second-order valence-corrected chi connectivity index (χ2v) is 18.4. The molecule has 366 valence electrons. The molecule has 0 heterocycles. The number of phosphoric acid groups is 1. The van der Waals surface area contributed by atoms with Crippen LogP contribution in [0, 0.1) is 0 Å². The Bertz CT molecular complexity index is 1230. The molecule has 0 saturated heterocycles. The van der Waals surface area contributed by atoms with Gasteiger partial charge in [0.05, 0.1) is 19.8 Å². The van der Waals surface area contributed by atoms with Gasteiger partial charge >= 0.3 is 19.8 Å². The van der Waals surface area contributed by atoms with Crippen LogP contribution in [-0.4, -0.2) is 60.5 Å². The number of carbonyl (C=O) groups excluding carboxylic acids is 1. The number of phosphoric ester groups is 1. The normalized spacial score (nSPS) is 14.2. The van der Waals surface area contributed by atoms with Crippen molar-refractivity contribution in [2.45, 2.75) is 231 Å². The van der Waals surface area contributed by atoms with Crippen LogP contribution in [0.5, 0.6) is 0 Å². The van der Waals surface area contributed by atoms with E-state index in [4.69, 9.17) is 29.4 Å². The monoisotopic (exact) mass is 908 g/mol. The maximum absolute atomic E-state index is 12.7. The number of rotatable bonds is 48. The van der Waals surface area contributed by atoms with Gasteiger partial charge in [-0.25, -0.2) is 4.57 Å². The van der Waals surface area contributed by atoms with Crippen LogP contribution in [0.15, 0.2) is 60.8 Å². The molecule has 3 unspecified atom stereocenters. The minimum atomic E-state index is -4.63. The number of aliphatic carboxylic acids is 1. The van der Waals surface area contributed by atoms with Gasteiger partial charge in [-0.05, 0) is 83.5 Å². The Balaban J connectivity index is 4.16. The molecule has 0 aromatic heterocycles. The van der Waals surface area contributed by atoms with Crippen molar-refractivity contribution in [2.75, 3.05) is 26.4 Å². The van der Waals surface area contributed by atoms with Crippen molar-refractivity contribution in [3.63, 3.8) is 0 Å². The number of ether oxygens (including phenoxy) is 2. The molecular formula is C52H94NO9P. The summed E-state index contributed by atoms with van der Waals surface area (Å²) in [7, 11) is -4.63. The van der Waals surface area contributed by atoms with Crippen molar-refractivity contribution < 1.29 is 42.7 Å². The Morgan fingerprint density at radius 1 is 0.508 bits per heavy atom. The summed E-state index contributed by atoms with van der Waals surface area (Å²) in [5.74, 6) is -1.79. The van der Waals surface area contributed by atoms with Gasteiger partial charge < -0.3 is 25.2 Å². The number of carbonyl (C=O) groups is 2. The molecule has 0 aliphatic rings. The quantitative estimate of drug-likeness (QED) is 0.0233. The zero-order chi connectivity index (χ0) is 46.2. The predicted octanol–water partition coefficient (Wildman–Crippen LogP) is 14.8. The van der Waals surface area contributed by atoms with Crippen molar-refractivity contribution in [3.05, 3.63) is 60.8 Å². The first-order valence-electron chi connectivity index (χ1n) is 25.3. The standard InChI is InChI=1S/C52H94NO9P/c1-3-5-7-9-11-13-15-17-19-21-22-23-24-25-26-27-29-31-33-35-37-39-41-43-45-59-46-49(47-60-63(57,58)61-48-50(53)52(55)56)62-51(54)44-42-40-38-36-34-32-30-28-20-18-16-14-12-10-8-6-4-2/h12,14-15,17-18,20-22,24-25,49-50H,3-11,13,16,19,23,26-48,53H2,1-2H3,(H,55,56)(H,57,58)/b14-12-,17-15-,20-18-,22-21-,25-24-. The number of esters is 1. The summed E-state index contributed by atoms with van der Waals surface area (Å²) >= 11 is 0. The first-order chi connectivity index (χ1) is 30.7. The highest BCUT2D eigenvalue weighted by atomic mass is 31.2. The number of hydrogen-bond donors (Lipinski definition) is 3. The van der Waals surface area contributed by atoms with Crippen molar-refractivity contribution in [2.24, 2.45) is 5.73 Å². The SMILES string of the molecule is CCCCC/C=C\C/C=C\CCCCCCCCCC(=O)OC(COCCCCCCCCCCC/C=C\C/C=C\C/C=C\CCCCCCC)COP(=O)(O)OCC(N)C(=O)O. The molecule has 0 saturated carbocycles. The van der Waals surface area contributed by atoms with Gasteiger partial charge in [-0.2, -0.15) is 0 Å². The number of carboxylic acid groups (broad SMARTS) is 1. The van der Waals surface area contributed by atoms with Gasteiger partial charge in [-0.15, -0.1) is 0 Å². The van der Waals surface area contributed by atoms with E-state index in [9.17, 15) is 19.0 Å². The Morgan fingerprint density at radius 2 is 0.873 bits per heavy atom. The number of allylic oxidation sites excluding steroid dienone is 10. The summed E-state index contributed by atoms with van der Waals surface area (Å²) in [5.41, 5.74) is 5.37. The number of nitrogens with two attached hydrogens (primary N) is 1. The minimum Gasteiger partial charge on any atom is -0.480 e. The summed E-state index contributed by atoms with van der Waals surface area (Å²) in [6.45, 7) is 3.84. The van der Waals surface area contributed by atoms with Gasteiger partial charge in [0.15, 0.2) is 0 Å². The summed E-state index contributed by atoms with van der Waals surface area (Å²) in [5, 5.41) is 8.92. The second-order valence-electron chi connectivity index (χ2n) is 16.9. The van der Waals surface area contributed by atoms with Crippen LogP contribution in [0.4, 0.5) is 0 Å². The fourth-order valence-electron chi connectivity index (χ4n) is 6.82. The van der Waals surface area contributed by atoms with Gasteiger partial charge in [0, 0.05) is 13.0 Å². The zero-order valence-electron chi connectivity index (χ0n) is 40.2. The van der Waals surface area contributed by atoms with Crippen LogP contribution < -0.4 is 5.73 Å². The molecule has 0 bridgehead atoms. The lowest BCUT2D eigenvalue weighted by atomic mass is 10.1. The highest BCUT2D eigenvalue weighted by molar-refractivity contribution is 7.47. The van der Waals surface area contributed by atoms with Crippen LogP contribution >= 0.6 is 7.82 Å². The Labute approximate surface area is 385 Å². The lowest BCUT2D eigenvalue weighted by molar-refractivity contribution is -0.154. The topological polar surface area (TPSA) is 155 Å². The summed E-state index contributed by atoms with van der Waals surface area (Å²) in [6.07, 6.45) is 58.4. The van der Waals surface area contributed by atoms with Gasteiger partial charge in [0.1, 0.15) is 12.1 Å². The third-order valence-corrected chi connectivity index (χ3v) is 11.7. The first kappa shape index (κ1) is 60.7. The van der Waals surface area contributed by atoms with Crippen molar-refractivity contribution in [3.8, 4) is 0 Å². The van der Waals surface area contributed by atoms with E-state index in [2.05, 4.69) is 74.6 Å². The molecule has 0 spiro atoms. The van der Waals surface area contributed by atoms with E-state index < -0.39 is 45.1 Å². The molecule has 0 aromatic rings. The largest absolute Gasteiger partial charge is 0.480 e. The molecule has 4 N–H and O–H groups in total. The average Bonchev–Trinajstić information content (AvgIpc) is 3.26.